The summed E-state index contributed by atoms with van der Waals surface area (Å²) < 4.78 is 5.46. The van der Waals surface area contributed by atoms with Crippen LogP contribution in [0.5, 0.6) is 5.75 Å². The molecule has 0 saturated carbocycles. The number of rotatable bonds is 3. The Bertz CT molecular complexity index is 1020. The van der Waals surface area contributed by atoms with E-state index in [4.69, 9.17) is 4.74 Å². The van der Waals surface area contributed by atoms with E-state index in [1.165, 1.54) is 0 Å². The molecule has 2 N–H and O–H groups in total. The first kappa shape index (κ1) is 18.9. The highest BCUT2D eigenvalue weighted by Crippen LogP contribution is 2.47. The van der Waals surface area contributed by atoms with Crippen LogP contribution in [0.3, 0.4) is 0 Å². The van der Waals surface area contributed by atoms with Crippen LogP contribution in [0.25, 0.3) is 0 Å². The van der Waals surface area contributed by atoms with Crippen LogP contribution in [0, 0.1) is 6.92 Å². The normalized spacial score (nSPS) is 11.8. The van der Waals surface area contributed by atoms with Crippen LogP contribution in [0.15, 0.2) is 82.6 Å². The lowest BCUT2D eigenvalue weighted by atomic mass is 10.2. The molecule has 0 radical (unpaired) electrons. The standard InChI is InChI=1S/C22H19N3O3S/c1-15-7-6-8-16(13-15)28-14-21(26)23-24-22(27)25-17-9-2-4-11-19(17)29-20-12-5-3-10-18(20)25/h2-13H,14H2,1H3,(H,23,26)(H,24,27). The molecule has 0 bridgehead atoms. The van der Waals surface area contributed by atoms with Gasteiger partial charge in [-0.1, -0.05) is 48.2 Å². The van der Waals surface area contributed by atoms with Gasteiger partial charge in [-0.15, -0.1) is 0 Å². The molecule has 0 unspecified atom stereocenters. The van der Waals surface area contributed by atoms with Gasteiger partial charge in [0, 0.05) is 9.79 Å². The molecule has 4 rings (SSSR count). The number of fused-ring (bicyclic) bond motifs is 2. The molecule has 146 valence electrons. The third-order valence-electron chi connectivity index (χ3n) is 4.30. The van der Waals surface area contributed by atoms with Gasteiger partial charge in [0.25, 0.3) is 5.91 Å². The van der Waals surface area contributed by atoms with Crippen LogP contribution in [-0.2, 0) is 4.79 Å². The van der Waals surface area contributed by atoms with E-state index in [2.05, 4.69) is 10.9 Å². The second-order valence-corrected chi connectivity index (χ2v) is 7.54. The van der Waals surface area contributed by atoms with Crippen molar-refractivity contribution in [3.63, 3.8) is 0 Å². The van der Waals surface area contributed by atoms with Crippen LogP contribution in [-0.4, -0.2) is 18.5 Å². The van der Waals surface area contributed by atoms with Gasteiger partial charge in [0.2, 0.25) is 0 Å². The predicted molar refractivity (Wildman–Crippen MR) is 112 cm³/mol. The van der Waals surface area contributed by atoms with Crippen LogP contribution in [0.4, 0.5) is 16.2 Å². The zero-order chi connectivity index (χ0) is 20.2. The number of aryl methyl sites for hydroxylation is 1. The van der Waals surface area contributed by atoms with Crippen molar-refractivity contribution in [2.75, 3.05) is 11.5 Å². The van der Waals surface area contributed by atoms with Gasteiger partial charge in [-0.3, -0.25) is 15.1 Å². The van der Waals surface area contributed by atoms with Gasteiger partial charge in [0.1, 0.15) is 5.75 Å². The molecular weight excluding hydrogens is 386 g/mol. The van der Waals surface area contributed by atoms with E-state index >= 15 is 0 Å². The summed E-state index contributed by atoms with van der Waals surface area (Å²) in [6.07, 6.45) is 0. The third kappa shape index (κ3) is 4.20. The molecule has 7 heteroatoms. The Kier molecular flexibility index (Phi) is 5.39. The van der Waals surface area contributed by atoms with Crippen molar-refractivity contribution in [1.29, 1.82) is 0 Å². The molecule has 29 heavy (non-hydrogen) atoms. The highest BCUT2D eigenvalue weighted by atomic mass is 32.2. The molecule has 1 aliphatic heterocycles. The maximum absolute atomic E-state index is 12.9. The van der Waals surface area contributed by atoms with Crippen LogP contribution in [0.2, 0.25) is 0 Å². The molecular formula is C22H19N3O3S. The molecule has 3 aromatic rings. The maximum Gasteiger partial charge on any atom is 0.345 e. The number of hydrogen-bond donors (Lipinski definition) is 2. The SMILES string of the molecule is Cc1cccc(OCC(=O)NNC(=O)N2c3ccccc3Sc3ccccc32)c1. The third-order valence-corrected chi connectivity index (χ3v) is 5.43. The summed E-state index contributed by atoms with van der Waals surface area (Å²) in [7, 11) is 0. The highest BCUT2D eigenvalue weighted by molar-refractivity contribution is 7.99. The largest absolute Gasteiger partial charge is 0.484 e. The average molecular weight is 405 g/mol. The van der Waals surface area contributed by atoms with Gasteiger partial charge < -0.3 is 4.74 Å². The Labute approximate surface area is 172 Å². The molecule has 0 saturated heterocycles. The minimum Gasteiger partial charge on any atom is -0.484 e. The van der Waals surface area contributed by atoms with E-state index in [0.717, 1.165) is 26.7 Å². The summed E-state index contributed by atoms with van der Waals surface area (Å²) in [6.45, 7) is 1.74. The fourth-order valence-electron chi connectivity index (χ4n) is 2.99. The average Bonchev–Trinajstić information content (AvgIpc) is 2.74. The summed E-state index contributed by atoms with van der Waals surface area (Å²) in [6, 6.07) is 22.3. The first-order chi connectivity index (χ1) is 14.1. The van der Waals surface area contributed by atoms with Crippen molar-refractivity contribution in [2.45, 2.75) is 16.7 Å². The molecule has 0 atom stereocenters. The fraction of sp³-hybridized carbons (Fsp3) is 0.0909. The van der Waals surface area contributed by atoms with Crippen LogP contribution >= 0.6 is 11.8 Å². The van der Waals surface area contributed by atoms with E-state index in [1.807, 2.05) is 73.7 Å². The number of hydrazine groups is 1. The zero-order valence-corrected chi connectivity index (χ0v) is 16.5. The highest BCUT2D eigenvalue weighted by Gasteiger charge is 2.28. The number of amides is 3. The minimum atomic E-state index is -0.451. The van der Waals surface area contributed by atoms with Crippen molar-refractivity contribution >= 4 is 35.1 Å². The lowest BCUT2D eigenvalue weighted by Crippen LogP contribution is -2.49. The summed E-state index contributed by atoms with van der Waals surface area (Å²) in [5.41, 5.74) is 7.46. The molecule has 0 aromatic heterocycles. The first-order valence-corrected chi connectivity index (χ1v) is 9.88. The Balaban J connectivity index is 1.43. The molecule has 6 nitrogen and oxygen atoms in total. The fourth-order valence-corrected chi connectivity index (χ4v) is 4.05. The Morgan fingerprint density at radius 1 is 0.897 bits per heavy atom. The maximum atomic E-state index is 12.9. The van der Waals surface area contributed by atoms with Crippen molar-refractivity contribution in [1.82, 2.24) is 10.9 Å². The van der Waals surface area contributed by atoms with Crippen molar-refractivity contribution in [2.24, 2.45) is 0 Å². The lowest BCUT2D eigenvalue weighted by Gasteiger charge is -2.30. The summed E-state index contributed by atoms with van der Waals surface area (Å²) >= 11 is 1.61. The number of para-hydroxylation sites is 2. The Morgan fingerprint density at radius 2 is 1.55 bits per heavy atom. The number of benzene rings is 3. The second kappa shape index (κ2) is 8.28. The summed E-state index contributed by atoms with van der Waals surface area (Å²) in [5, 5.41) is 0. The number of nitrogens with one attached hydrogen (secondary N) is 2. The van der Waals surface area contributed by atoms with E-state index < -0.39 is 11.9 Å². The van der Waals surface area contributed by atoms with E-state index in [-0.39, 0.29) is 6.61 Å². The van der Waals surface area contributed by atoms with Crippen molar-refractivity contribution in [3.05, 3.63) is 78.4 Å². The number of ether oxygens (including phenoxy) is 1. The van der Waals surface area contributed by atoms with Crippen LogP contribution < -0.4 is 20.5 Å². The minimum absolute atomic E-state index is 0.202. The number of urea groups is 1. The van der Waals surface area contributed by atoms with Crippen molar-refractivity contribution in [3.8, 4) is 5.75 Å². The monoisotopic (exact) mass is 405 g/mol. The Hall–Kier alpha value is -3.45. The van der Waals surface area contributed by atoms with Gasteiger partial charge >= 0.3 is 6.03 Å². The van der Waals surface area contributed by atoms with Crippen molar-refractivity contribution < 1.29 is 14.3 Å². The number of nitrogens with zero attached hydrogens (tertiary/aromatic N) is 1. The summed E-state index contributed by atoms with van der Waals surface area (Å²) in [5.74, 6) is 0.148. The quantitative estimate of drug-likeness (QED) is 0.633. The molecule has 3 amide bonds. The molecule has 1 heterocycles. The Morgan fingerprint density at radius 3 is 2.21 bits per heavy atom. The van der Waals surface area contributed by atoms with Gasteiger partial charge in [-0.05, 0) is 48.9 Å². The summed E-state index contributed by atoms with van der Waals surface area (Å²) in [4.78, 5) is 28.5. The second-order valence-electron chi connectivity index (χ2n) is 6.46. The lowest BCUT2D eigenvalue weighted by molar-refractivity contribution is -0.123. The van der Waals surface area contributed by atoms with Gasteiger partial charge in [0.15, 0.2) is 6.61 Å². The van der Waals surface area contributed by atoms with Gasteiger partial charge in [-0.2, -0.15) is 0 Å². The molecule has 1 aliphatic rings. The van der Waals surface area contributed by atoms with Gasteiger partial charge in [0.05, 0.1) is 11.4 Å². The topological polar surface area (TPSA) is 70.7 Å². The van der Waals surface area contributed by atoms with Crippen LogP contribution in [0.1, 0.15) is 5.56 Å². The predicted octanol–water partition coefficient (Wildman–Crippen LogP) is 4.42. The van der Waals surface area contributed by atoms with E-state index in [9.17, 15) is 9.59 Å². The molecule has 0 aliphatic carbocycles. The molecule has 3 aromatic carbocycles. The first-order valence-electron chi connectivity index (χ1n) is 9.06. The van der Waals surface area contributed by atoms with E-state index in [0.29, 0.717) is 5.75 Å². The number of carbonyl (C=O) groups excluding carboxylic acids is 2. The number of carbonyl (C=O) groups is 2. The molecule has 0 fully saturated rings. The van der Waals surface area contributed by atoms with Gasteiger partial charge in [-0.25, -0.2) is 10.2 Å². The number of anilines is 2. The number of hydrogen-bond acceptors (Lipinski definition) is 4. The van der Waals surface area contributed by atoms with E-state index in [1.54, 1.807) is 22.7 Å². The molecule has 0 spiro atoms. The smallest absolute Gasteiger partial charge is 0.345 e. The zero-order valence-electron chi connectivity index (χ0n) is 15.7.